The van der Waals surface area contributed by atoms with Crippen molar-refractivity contribution in [3.8, 4) is 17.2 Å². The molecule has 0 saturated carbocycles. The van der Waals surface area contributed by atoms with Gasteiger partial charge in [-0.1, -0.05) is 0 Å². The average Bonchev–Trinajstić information content (AvgIpc) is 2.94. The van der Waals surface area contributed by atoms with Gasteiger partial charge in [-0.05, 0) is 122 Å². The first-order chi connectivity index (χ1) is 24.8. The fourth-order valence-corrected chi connectivity index (χ4v) is 4.24. The number of benzene rings is 1. The average molecular weight is 777 g/mol. The molecule has 55 heavy (non-hydrogen) atoms. The van der Waals surface area contributed by atoms with Crippen LogP contribution in [0.5, 0.6) is 17.2 Å². The van der Waals surface area contributed by atoms with Crippen LogP contribution in [-0.2, 0) is 30.1 Å². The van der Waals surface area contributed by atoms with Crippen LogP contribution in [0.3, 0.4) is 0 Å². The van der Waals surface area contributed by atoms with Crippen LogP contribution < -0.4 is 24.0 Å². The molecule has 0 spiro atoms. The van der Waals surface area contributed by atoms with Gasteiger partial charge in [-0.25, -0.2) is 29.0 Å². The van der Waals surface area contributed by atoms with Crippen molar-refractivity contribution in [3.05, 3.63) is 29.5 Å². The monoisotopic (exact) mass is 776 g/mol. The number of carbonyl (C=O) groups excluding carboxylic acids is 5. The molecule has 0 aliphatic rings. The van der Waals surface area contributed by atoms with Gasteiger partial charge >= 0.3 is 30.5 Å². The Balaban J connectivity index is 2.97. The number of hydrogen-bond acceptors (Lipinski definition) is 15. The number of nitrogens with zero attached hydrogens (tertiary/aromatic N) is 4. The van der Waals surface area contributed by atoms with E-state index in [1.807, 2.05) is 0 Å². The normalized spacial score (nSPS) is 12.2. The van der Waals surface area contributed by atoms with Crippen molar-refractivity contribution in [1.29, 1.82) is 0 Å². The number of ether oxygens (including phenoxy) is 8. The van der Waals surface area contributed by atoms with Gasteiger partial charge in [0.1, 0.15) is 28.0 Å². The lowest BCUT2D eigenvalue weighted by Crippen LogP contribution is -2.46. The van der Waals surface area contributed by atoms with Gasteiger partial charge in [0.15, 0.2) is 17.3 Å². The quantitative estimate of drug-likeness (QED) is 0.147. The molecular weight excluding hydrogens is 720 g/mol. The predicted molar refractivity (Wildman–Crippen MR) is 201 cm³/mol. The predicted octanol–water partition coefficient (Wildman–Crippen LogP) is 8.75. The summed E-state index contributed by atoms with van der Waals surface area (Å²) in [6.45, 7) is 24.1. The molecule has 17 nitrogen and oxygen atoms in total. The van der Waals surface area contributed by atoms with Gasteiger partial charge in [-0.15, -0.1) is 4.90 Å². The van der Waals surface area contributed by atoms with E-state index in [0.29, 0.717) is 15.4 Å². The van der Waals surface area contributed by atoms with Crippen LogP contribution in [0, 0.1) is 0 Å². The number of anilines is 2. The van der Waals surface area contributed by atoms with Crippen LogP contribution in [0.2, 0.25) is 0 Å². The van der Waals surface area contributed by atoms with Crippen molar-refractivity contribution in [2.45, 2.75) is 138 Å². The molecule has 0 radical (unpaired) electrons. The summed E-state index contributed by atoms with van der Waals surface area (Å²) in [5, 5.41) is 0. The minimum absolute atomic E-state index is 0.0662. The Morgan fingerprint density at radius 3 is 1.27 bits per heavy atom. The first-order valence-corrected chi connectivity index (χ1v) is 17.4. The van der Waals surface area contributed by atoms with E-state index < -0.39 is 70.3 Å². The first kappa shape index (κ1) is 45.8. The Morgan fingerprint density at radius 2 is 0.927 bits per heavy atom. The van der Waals surface area contributed by atoms with Gasteiger partial charge in [0.25, 0.3) is 0 Å². The van der Waals surface area contributed by atoms with E-state index in [1.54, 1.807) is 104 Å². The fraction of sp³-hybridized carbons (Fsp3) is 0.605. The molecular formula is C38H56N4O13. The molecule has 2 aromatic rings. The lowest BCUT2D eigenvalue weighted by Gasteiger charge is -2.30. The van der Waals surface area contributed by atoms with Crippen LogP contribution in [-0.4, -0.2) is 82.7 Å². The molecule has 0 aliphatic heterocycles. The van der Waals surface area contributed by atoms with Crippen LogP contribution in [0.15, 0.2) is 18.3 Å². The lowest BCUT2D eigenvalue weighted by molar-refractivity contribution is 0.0193. The molecule has 0 aliphatic carbocycles. The Bertz CT molecular complexity index is 1660. The summed E-state index contributed by atoms with van der Waals surface area (Å²) in [6.07, 6.45) is -4.72. The lowest BCUT2D eigenvalue weighted by atomic mass is 10.0. The summed E-state index contributed by atoms with van der Waals surface area (Å²) in [5.74, 6) is -0.967. The van der Waals surface area contributed by atoms with Crippen LogP contribution in [0.1, 0.15) is 115 Å². The standard InChI is InChI=1S/C38H56N4O13/c1-34(2,3)51-29(43)41(30(44)52-35(4,5)6)27-23(18-22-19-24(48-16)26(25(20-22)49-17)50-33(47)55-38(13,14)15)21-39-28(40-27)42(31(45)53-36(7,8)9)32(46)54-37(10,11)12/h19-21H,18H2,1-17H3. The number of aromatic nitrogens is 2. The van der Waals surface area contributed by atoms with E-state index in [-0.39, 0.29) is 29.2 Å². The molecule has 0 fully saturated rings. The molecule has 0 unspecified atom stereocenters. The van der Waals surface area contributed by atoms with E-state index in [1.165, 1.54) is 32.5 Å². The summed E-state index contributed by atoms with van der Waals surface area (Å²) in [4.78, 5) is 77.3. The number of imide groups is 2. The largest absolute Gasteiger partial charge is 0.514 e. The van der Waals surface area contributed by atoms with Crippen molar-refractivity contribution >= 4 is 42.3 Å². The van der Waals surface area contributed by atoms with Crippen molar-refractivity contribution in [3.63, 3.8) is 0 Å². The maximum absolute atomic E-state index is 13.9. The van der Waals surface area contributed by atoms with Crippen molar-refractivity contribution in [1.82, 2.24) is 9.97 Å². The minimum atomic E-state index is -1.20. The molecule has 306 valence electrons. The van der Waals surface area contributed by atoms with Crippen molar-refractivity contribution in [2.75, 3.05) is 24.0 Å². The Kier molecular flexibility index (Phi) is 14.1. The summed E-state index contributed by atoms with van der Waals surface area (Å²) in [7, 11) is 2.69. The highest BCUT2D eigenvalue weighted by atomic mass is 16.7. The van der Waals surface area contributed by atoms with E-state index in [0.717, 1.165) is 0 Å². The second-order valence-corrected chi connectivity index (χ2v) is 17.2. The number of methoxy groups -OCH3 is 2. The third-order valence-electron chi connectivity index (χ3n) is 6.03. The maximum Gasteiger partial charge on any atom is 0.514 e. The first-order valence-electron chi connectivity index (χ1n) is 17.4. The topological polar surface area (TPSA) is 191 Å². The Hall–Kier alpha value is -5.35. The molecule has 0 N–H and O–H groups in total. The van der Waals surface area contributed by atoms with Gasteiger partial charge < -0.3 is 37.9 Å². The third kappa shape index (κ3) is 14.8. The molecule has 17 heteroatoms. The third-order valence-corrected chi connectivity index (χ3v) is 6.03. The molecule has 4 amide bonds. The molecule has 1 heterocycles. The molecule has 1 aromatic heterocycles. The Morgan fingerprint density at radius 1 is 0.564 bits per heavy atom. The minimum Gasteiger partial charge on any atom is -0.493 e. The summed E-state index contributed by atoms with van der Waals surface area (Å²) in [6, 6.07) is 3.03. The van der Waals surface area contributed by atoms with Gasteiger partial charge in [0, 0.05) is 18.2 Å². The molecule has 2 rings (SSSR count). The van der Waals surface area contributed by atoms with Crippen LogP contribution in [0.25, 0.3) is 0 Å². The SMILES string of the molecule is COc1cc(Cc2cnc(N(C(=O)OC(C)(C)C)C(=O)OC(C)(C)C)nc2N(C(=O)OC(C)(C)C)C(=O)OC(C)(C)C)cc(OC)c1OC(=O)OC(C)(C)C. The second kappa shape index (κ2) is 17.0. The van der Waals surface area contributed by atoms with E-state index in [2.05, 4.69) is 9.97 Å². The zero-order chi connectivity index (χ0) is 42.5. The van der Waals surface area contributed by atoms with E-state index in [4.69, 9.17) is 37.9 Å². The number of amides is 4. The van der Waals surface area contributed by atoms with Gasteiger partial charge in [0.2, 0.25) is 11.7 Å². The summed E-state index contributed by atoms with van der Waals surface area (Å²) >= 11 is 0. The van der Waals surface area contributed by atoms with Crippen molar-refractivity contribution in [2.24, 2.45) is 0 Å². The molecule has 0 saturated heterocycles. The second-order valence-electron chi connectivity index (χ2n) is 17.2. The van der Waals surface area contributed by atoms with E-state index >= 15 is 0 Å². The zero-order valence-corrected chi connectivity index (χ0v) is 35.0. The number of carbonyl (C=O) groups is 5. The molecule has 0 atom stereocenters. The molecule has 0 bridgehead atoms. The van der Waals surface area contributed by atoms with Gasteiger partial charge in [0.05, 0.1) is 14.2 Å². The van der Waals surface area contributed by atoms with Gasteiger partial charge in [-0.3, -0.25) is 0 Å². The van der Waals surface area contributed by atoms with Crippen molar-refractivity contribution < 1.29 is 61.9 Å². The summed E-state index contributed by atoms with van der Waals surface area (Å²) < 4.78 is 44.0. The number of hydrogen-bond donors (Lipinski definition) is 0. The maximum atomic E-state index is 13.9. The van der Waals surface area contributed by atoms with Crippen LogP contribution in [0.4, 0.5) is 35.7 Å². The Labute approximate surface area is 322 Å². The van der Waals surface area contributed by atoms with E-state index in [9.17, 15) is 24.0 Å². The van der Waals surface area contributed by atoms with Gasteiger partial charge in [-0.2, -0.15) is 9.88 Å². The fourth-order valence-electron chi connectivity index (χ4n) is 4.24. The smallest absolute Gasteiger partial charge is 0.493 e. The highest BCUT2D eigenvalue weighted by Gasteiger charge is 2.39. The zero-order valence-electron chi connectivity index (χ0n) is 35.0. The highest BCUT2D eigenvalue weighted by molar-refractivity contribution is 6.11. The summed E-state index contributed by atoms with van der Waals surface area (Å²) in [5.41, 5.74) is -4.68. The highest BCUT2D eigenvalue weighted by Crippen LogP contribution is 2.40. The number of rotatable bonds is 7. The molecule has 1 aromatic carbocycles. The van der Waals surface area contributed by atoms with Crippen LogP contribution >= 0.6 is 0 Å².